The van der Waals surface area contributed by atoms with E-state index in [0.717, 1.165) is 5.56 Å². The van der Waals surface area contributed by atoms with Crippen molar-refractivity contribution in [2.24, 2.45) is 0 Å². The standard InChI is InChI=1S/C14H21NO3/c1-14(2,18)10-15(3)13(17)9-8-11-6-4-5-7-12(11)16/h4-7,16,18H,8-10H2,1-3H3. The van der Waals surface area contributed by atoms with Gasteiger partial charge in [-0.05, 0) is 31.9 Å². The lowest BCUT2D eigenvalue weighted by atomic mass is 10.1. The van der Waals surface area contributed by atoms with E-state index >= 15 is 0 Å². The van der Waals surface area contributed by atoms with E-state index in [0.29, 0.717) is 19.4 Å². The van der Waals surface area contributed by atoms with Crippen LogP contribution in [0, 0.1) is 0 Å². The summed E-state index contributed by atoms with van der Waals surface area (Å²) in [6.07, 6.45) is 0.825. The summed E-state index contributed by atoms with van der Waals surface area (Å²) in [7, 11) is 1.67. The third-order valence-electron chi connectivity index (χ3n) is 2.65. The highest BCUT2D eigenvalue weighted by atomic mass is 16.3. The minimum absolute atomic E-state index is 0.0413. The average molecular weight is 251 g/mol. The molecule has 0 aliphatic heterocycles. The maximum Gasteiger partial charge on any atom is 0.222 e. The minimum Gasteiger partial charge on any atom is -0.508 e. The summed E-state index contributed by atoms with van der Waals surface area (Å²) in [5.74, 6) is 0.177. The van der Waals surface area contributed by atoms with E-state index in [9.17, 15) is 15.0 Å². The molecule has 1 aromatic carbocycles. The predicted molar refractivity (Wildman–Crippen MR) is 70.4 cm³/mol. The van der Waals surface area contributed by atoms with Crippen LogP contribution in [0.2, 0.25) is 0 Å². The Morgan fingerprint density at radius 3 is 2.50 bits per heavy atom. The molecule has 0 saturated heterocycles. The molecule has 0 unspecified atom stereocenters. The normalized spacial score (nSPS) is 11.3. The fourth-order valence-corrected chi connectivity index (χ4v) is 1.82. The molecule has 4 nitrogen and oxygen atoms in total. The highest BCUT2D eigenvalue weighted by Gasteiger charge is 2.19. The van der Waals surface area contributed by atoms with Crippen molar-refractivity contribution >= 4 is 5.91 Å². The third-order valence-corrected chi connectivity index (χ3v) is 2.65. The first-order valence-corrected chi connectivity index (χ1v) is 6.03. The number of carbonyl (C=O) groups excluding carboxylic acids is 1. The molecule has 1 rings (SSSR count). The van der Waals surface area contributed by atoms with Gasteiger partial charge in [-0.15, -0.1) is 0 Å². The fourth-order valence-electron chi connectivity index (χ4n) is 1.82. The summed E-state index contributed by atoms with van der Waals surface area (Å²) >= 11 is 0. The van der Waals surface area contributed by atoms with E-state index < -0.39 is 5.60 Å². The van der Waals surface area contributed by atoms with Gasteiger partial charge < -0.3 is 15.1 Å². The van der Waals surface area contributed by atoms with Crippen LogP contribution in [0.25, 0.3) is 0 Å². The Morgan fingerprint density at radius 1 is 1.33 bits per heavy atom. The SMILES string of the molecule is CN(CC(C)(C)O)C(=O)CCc1ccccc1O. The summed E-state index contributed by atoms with van der Waals surface area (Å²) in [6.45, 7) is 3.63. The number of amides is 1. The van der Waals surface area contributed by atoms with E-state index in [4.69, 9.17) is 0 Å². The number of rotatable bonds is 5. The Labute approximate surface area is 108 Å². The van der Waals surface area contributed by atoms with Crippen LogP contribution in [0.15, 0.2) is 24.3 Å². The molecule has 2 N–H and O–H groups in total. The summed E-state index contributed by atoms with van der Waals surface area (Å²) in [5, 5.41) is 19.2. The maximum atomic E-state index is 11.8. The van der Waals surface area contributed by atoms with Crippen molar-refractivity contribution in [1.82, 2.24) is 4.90 Å². The van der Waals surface area contributed by atoms with E-state index in [2.05, 4.69) is 0 Å². The largest absolute Gasteiger partial charge is 0.508 e. The number of aliphatic hydroxyl groups is 1. The molecule has 0 saturated carbocycles. The molecule has 4 heteroatoms. The van der Waals surface area contributed by atoms with Crippen LogP contribution < -0.4 is 0 Å². The molecule has 100 valence electrons. The first-order chi connectivity index (χ1) is 8.29. The van der Waals surface area contributed by atoms with Crippen molar-refractivity contribution in [3.8, 4) is 5.75 Å². The molecule has 0 aliphatic rings. The summed E-state index contributed by atoms with van der Waals surface area (Å²) in [5.41, 5.74) is -0.123. The fraction of sp³-hybridized carbons (Fsp3) is 0.500. The molecule has 18 heavy (non-hydrogen) atoms. The Balaban J connectivity index is 2.49. The van der Waals surface area contributed by atoms with Crippen LogP contribution in [0.3, 0.4) is 0 Å². The first-order valence-electron chi connectivity index (χ1n) is 6.03. The van der Waals surface area contributed by atoms with Gasteiger partial charge in [-0.3, -0.25) is 4.79 Å². The van der Waals surface area contributed by atoms with Crippen molar-refractivity contribution in [2.75, 3.05) is 13.6 Å². The molecular formula is C14H21NO3. The van der Waals surface area contributed by atoms with Crippen molar-refractivity contribution in [3.05, 3.63) is 29.8 Å². The van der Waals surface area contributed by atoms with Gasteiger partial charge in [0.25, 0.3) is 0 Å². The first kappa shape index (κ1) is 14.5. The van der Waals surface area contributed by atoms with Crippen LogP contribution in [-0.4, -0.2) is 40.2 Å². The molecule has 1 aromatic rings. The van der Waals surface area contributed by atoms with Crippen LogP contribution in [0.5, 0.6) is 5.75 Å². The number of aryl methyl sites for hydroxylation is 1. The molecule has 1 amide bonds. The topological polar surface area (TPSA) is 60.8 Å². The number of hydrogen-bond donors (Lipinski definition) is 2. The number of hydrogen-bond acceptors (Lipinski definition) is 3. The molecule has 0 spiro atoms. The lowest BCUT2D eigenvalue weighted by molar-refractivity contribution is -0.132. The van der Waals surface area contributed by atoms with Gasteiger partial charge in [0.15, 0.2) is 0 Å². The van der Waals surface area contributed by atoms with Gasteiger partial charge >= 0.3 is 0 Å². The van der Waals surface area contributed by atoms with E-state index in [1.54, 1.807) is 39.1 Å². The smallest absolute Gasteiger partial charge is 0.222 e. The molecule has 0 bridgehead atoms. The second kappa shape index (κ2) is 5.87. The van der Waals surface area contributed by atoms with E-state index in [-0.39, 0.29) is 11.7 Å². The Hall–Kier alpha value is -1.55. The molecule has 0 radical (unpaired) electrons. The summed E-state index contributed by atoms with van der Waals surface area (Å²) in [6, 6.07) is 7.00. The van der Waals surface area contributed by atoms with Crippen LogP contribution >= 0.6 is 0 Å². The van der Waals surface area contributed by atoms with Crippen molar-refractivity contribution < 1.29 is 15.0 Å². The number of phenols is 1. The molecule has 0 heterocycles. The van der Waals surface area contributed by atoms with Crippen LogP contribution in [0.1, 0.15) is 25.8 Å². The Bertz CT molecular complexity index is 410. The van der Waals surface area contributed by atoms with Crippen molar-refractivity contribution in [3.63, 3.8) is 0 Å². The van der Waals surface area contributed by atoms with E-state index in [1.807, 2.05) is 6.07 Å². The molecule has 0 aliphatic carbocycles. The lowest BCUT2D eigenvalue weighted by Gasteiger charge is -2.25. The van der Waals surface area contributed by atoms with Gasteiger partial charge in [-0.2, -0.15) is 0 Å². The maximum absolute atomic E-state index is 11.8. The van der Waals surface area contributed by atoms with Gasteiger partial charge in [0.2, 0.25) is 5.91 Å². The van der Waals surface area contributed by atoms with Gasteiger partial charge in [-0.1, -0.05) is 18.2 Å². The minimum atomic E-state index is -0.890. The number of aromatic hydroxyl groups is 1. The highest BCUT2D eigenvalue weighted by Crippen LogP contribution is 2.17. The number of likely N-dealkylation sites (N-methyl/N-ethyl adjacent to an activating group) is 1. The van der Waals surface area contributed by atoms with Gasteiger partial charge in [0.1, 0.15) is 5.75 Å². The predicted octanol–water partition coefficient (Wildman–Crippen LogP) is 1.55. The molecule has 0 atom stereocenters. The quantitative estimate of drug-likeness (QED) is 0.834. The molecule has 0 fully saturated rings. The number of para-hydroxylation sites is 1. The number of benzene rings is 1. The average Bonchev–Trinajstić information content (AvgIpc) is 2.25. The van der Waals surface area contributed by atoms with E-state index in [1.165, 1.54) is 4.90 Å². The number of carbonyl (C=O) groups is 1. The summed E-state index contributed by atoms with van der Waals surface area (Å²) in [4.78, 5) is 13.4. The molecular weight excluding hydrogens is 230 g/mol. The highest BCUT2D eigenvalue weighted by molar-refractivity contribution is 5.76. The van der Waals surface area contributed by atoms with Gasteiger partial charge in [0.05, 0.1) is 5.60 Å². The van der Waals surface area contributed by atoms with Crippen LogP contribution in [0.4, 0.5) is 0 Å². The molecule has 0 aromatic heterocycles. The van der Waals surface area contributed by atoms with Crippen LogP contribution in [-0.2, 0) is 11.2 Å². The van der Waals surface area contributed by atoms with Crippen molar-refractivity contribution in [1.29, 1.82) is 0 Å². The lowest BCUT2D eigenvalue weighted by Crippen LogP contribution is -2.39. The summed E-state index contributed by atoms with van der Waals surface area (Å²) < 4.78 is 0. The number of nitrogens with zero attached hydrogens (tertiary/aromatic N) is 1. The van der Waals surface area contributed by atoms with Gasteiger partial charge in [0, 0.05) is 20.0 Å². The zero-order valence-corrected chi connectivity index (χ0v) is 11.2. The Morgan fingerprint density at radius 2 is 1.94 bits per heavy atom. The zero-order chi connectivity index (χ0) is 13.8. The monoisotopic (exact) mass is 251 g/mol. The second-order valence-electron chi connectivity index (χ2n) is 5.19. The third kappa shape index (κ3) is 4.75. The van der Waals surface area contributed by atoms with Crippen molar-refractivity contribution in [2.45, 2.75) is 32.3 Å². The van der Waals surface area contributed by atoms with Gasteiger partial charge in [-0.25, -0.2) is 0 Å². The second-order valence-corrected chi connectivity index (χ2v) is 5.19. The number of phenolic OH excluding ortho intramolecular Hbond substituents is 1. The Kier molecular flexibility index (Phi) is 4.73. The zero-order valence-electron chi connectivity index (χ0n) is 11.2.